The van der Waals surface area contributed by atoms with Crippen molar-refractivity contribution >= 4 is 11.9 Å². The number of ether oxygens (including phenoxy) is 3. The molecule has 8 nitrogen and oxygen atoms in total. The van der Waals surface area contributed by atoms with E-state index in [1.54, 1.807) is 25.0 Å². The van der Waals surface area contributed by atoms with Gasteiger partial charge in [-0.15, -0.1) is 0 Å². The number of nitrogens with one attached hydrogen (secondary N) is 1. The molecule has 0 fully saturated rings. The summed E-state index contributed by atoms with van der Waals surface area (Å²) in [5, 5.41) is 7.50. The van der Waals surface area contributed by atoms with Crippen molar-refractivity contribution in [1.82, 2.24) is 14.8 Å². The van der Waals surface area contributed by atoms with Gasteiger partial charge in [0, 0.05) is 17.3 Å². The number of nitrogens with zero attached hydrogens (tertiary/aromatic N) is 3. The van der Waals surface area contributed by atoms with E-state index >= 15 is 0 Å². The van der Waals surface area contributed by atoms with Crippen molar-refractivity contribution in [3.63, 3.8) is 0 Å². The number of unbranched alkanes of at least 4 members (excludes halogenated alkanes) is 4. The van der Waals surface area contributed by atoms with Gasteiger partial charge in [-0.25, -0.2) is 9.48 Å². The third-order valence-electron chi connectivity index (χ3n) is 5.23. The zero-order valence-corrected chi connectivity index (χ0v) is 18.1. The minimum absolute atomic E-state index is 0.362. The van der Waals surface area contributed by atoms with E-state index in [1.165, 1.54) is 19.2 Å². The Kier molecular flexibility index (Phi) is 7.32. The number of hydrogen-bond donors (Lipinski definition) is 1. The highest BCUT2D eigenvalue weighted by molar-refractivity contribution is 5.92. The van der Waals surface area contributed by atoms with Crippen molar-refractivity contribution in [3.8, 4) is 11.5 Å². The molecule has 30 heavy (non-hydrogen) atoms. The number of anilines is 1. The normalized spacial score (nSPS) is 15.4. The van der Waals surface area contributed by atoms with E-state index in [2.05, 4.69) is 22.3 Å². The lowest BCUT2D eigenvalue weighted by Gasteiger charge is -2.29. The van der Waals surface area contributed by atoms with Crippen LogP contribution in [0.5, 0.6) is 11.5 Å². The molecular weight excluding hydrogens is 384 g/mol. The van der Waals surface area contributed by atoms with Gasteiger partial charge in [0.25, 0.3) is 0 Å². The number of benzene rings is 1. The Labute approximate surface area is 177 Å². The average molecular weight is 415 g/mol. The summed E-state index contributed by atoms with van der Waals surface area (Å²) >= 11 is 0. The van der Waals surface area contributed by atoms with Crippen molar-refractivity contribution in [2.45, 2.75) is 52.0 Å². The predicted octanol–water partition coefficient (Wildman–Crippen LogP) is 4.10. The minimum Gasteiger partial charge on any atom is -0.497 e. The summed E-state index contributed by atoms with van der Waals surface area (Å²) in [6, 6.07) is 4.99. The standard InChI is InChI=1S/C22H30N4O4/c1-5-6-7-8-9-12-30-21(27)19-15(2)25-22-23-14-24-26(22)20(19)17-11-10-16(28-3)13-18(17)29-4/h10-11,13-14,20H,5-9,12H2,1-4H3,(H,23,24,25)/t20-/m0/s1. The van der Waals surface area contributed by atoms with Crippen LogP contribution in [-0.2, 0) is 9.53 Å². The fraction of sp³-hybridized carbons (Fsp3) is 0.500. The molecule has 0 bridgehead atoms. The lowest BCUT2D eigenvalue weighted by atomic mass is 9.95. The molecule has 0 radical (unpaired) electrons. The summed E-state index contributed by atoms with van der Waals surface area (Å²) in [5.74, 6) is 1.46. The Morgan fingerprint density at radius 3 is 2.70 bits per heavy atom. The first kappa shape index (κ1) is 21.7. The van der Waals surface area contributed by atoms with Crippen LogP contribution in [0.15, 0.2) is 35.8 Å². The maximum absolute atomic E-state index is 13.1. The SMILES string of the molecule is CCCCCCCOC(=O)C1=C(C)Nc2ncnn2[C@H]1c1ccc(OC)cc1OC. The molecule has 0 spiro atoms. The molecule has 1 aliphatic rings. The van der Waals surface area contributed by atoms with E-state index in [1.807, 2.05) is 19.1 Å². The number of rotatable bonds is 10. The molecule has 1 atom stereocenters. The lowest BCUT2D eigenvalue weighted by molar-refractivity contribution is -0.139. The average Bonchev–Trinajstić information content (AvgIpc) is 3.22. The second-order valence-corrected chi connectivity index (χ2v) is 7.25. The molecule has 3 rings (SSSR count). The summed E-state index contributed by atoms with van der Waals surface area (Å²) in [5.41, 5.74) is 1.96. The van der Waals surface area contributed by atoms with Crippen LogP contribution in [0.3, 0.4) is 0 Å². The Morgan fingerprint density at radius 1 is 1.17 bits per heavy atom. The zero-order valence-electron chi connectivity index (χ0n) is 18.1. The minimum atomic E-state index is -0.516. The van der Waals surface area contributed by atoms with Crippen LogP contribution in [0, 0.1) is 0 Å². The van der Waals surface area contributed by atoms with Gasteiger partial charge in [0.15, 0.2) is 0 Å². The van der Waals surface area contributed by atoms with Gasteiger partial charge >= 0.3 is 5.97 Å². The van der Waals surface area contributed by atoms with Crippen molar-refractivity contribution in [1.29, 1.82) is 0 Å². The van der Waals surface area contributed by atoms with Gasteiger partial charge in [0.1, 0.15) is 23.9 Å². The van der Waals surface area contributed by atoms with Crippen LogP contribution in [0.2, 0.25) is 0 Å². The van der Waals surface area contributed by atoms with E-state index < -0.39 is 6.04 Å². The maximum Gasteiger partial charge on any atom is 0.338 e. The van der Waals surface area contributed by atoms with Gasteiger partial charge in [-0.1, -0.05) is 32.6 Å². The maximum atomic E-state index is 13.1. The van der Waals surface area contributed by atoms with Gasteiger partial charge in [0.2, 0.25) is 5.95 Å². The predicted molar refractivity (Wildman–Crippen MR) is 114 cm³/mol. The molecule has 1 aliphatic heterocycles. The Hall–Kier alpha value is -3.03. The van der Waals surface area contributed by atoms with Gasteiger partial charge in [-0.2, -0.15) is 10.1 Å². The molecule has 1 N–H and O–H groups in total. The van der Waals surface area contributed by atoms with E-state index in [0.717, 1.165) is 24.8 Å². The third kappa shape index (κ3) is 4.58. The number of methoxy groups -OCH3 is 2. The highest BCUT2D eigenvalue weighted by Gasteiger charge is 2.36. The highest BCUT2D eigenvalue weighted by Crippen LogP contribution is 2.40. The fourth-order valence-corrected chi connectivity index (χ4v) is 3.64. The van der Waals surface area contributed by atoms with Crippen LogP contribution in [0.1, 0.15) is 57.6 Å². The summed E-state index contributed by atoms with van der Waals surface area (Å²) in [7, 11) is 3.19. The highest BCUT2D eigenvalue weighted by atomic mass is 16.5. The number of carbonyl (C=O) groups is 1. The molecule has 2 heterocycles. The molecular formula is C22H30N4O4. The largest absolute Gasteiger partial charge is 0.497 e. The van der Waals surface area contributed by atoms with Gasteiger partial charge < -0.3 is 19.5 Å². The zero-order chi connectivity index (χ0) is 21.5. The fourth-order valence-electron chi connectivity index (χ4n) is 3.64. The summed E-state index contributed by atoms with van der Waals surface area (Å²) < 4.78 is 18.2. The Balaban J connectivity index is 1.88. The van der Waals surface area contributed by atoms with Crippen molar-refractivity contribution in [2.24, 2.45) is 0 Å². The number of hydrogen-bond acceptors (Lipinski definition) is 7. The van der Waals surface area contributed by atoms with E-state index in [-0.39, 0.29) is 5.97 Å². The second-order valence-electron chi connectivity index (χ2n) is 7.25. The molecule has 0 saturated heterocycles. The first-order chi connectivity index (χ1) is 14.6. The monoisotopic (exact) mass is 414 g/mol. The quantitative estimate of drug-likeness (QED) is 0.463. The molecule has 0 saturated carbocycles. The smallest absolute Gasteiger partial charge is 0.338 e. The summed E-state index contributed by atoms with van der Waals surface area (Å²) in [6.45, 7) is 4.42. The molecule has 2 aromatic rings. The Bertz CT molecular complexity index is 906. The number of allylic oxidation sites excluding steroid dienone is 1. The van der Waals surface area contributed by atoms with Crippen LogP contribution in [0.25, 0.3) is 0 Å². The van der Waals surface area contributed by atoms with Crippen molar-refractivity contribution in [2.75, 3.05) is 26.1 Å². The number of fused-ring (bicyclic) bond motifs is 1. The second kappa shape index (κ2) is 10.1. The van der Waals surface area contributed by atoms with Crippen LogP contribution in [-0.4, -0.2) is 41.6 Å². The van der Waals surface area contributed by atoms with Crippen molar-refractivity contribution in [3.05, 3.63) is 41.4 Å². The van der Waals surface area contributed by atoms with E-state index in [4.69, 9.17) is 14.2 Å². The van der Waals surface area contributed by atoms with E-state index in [9.17, 15) is 4.79 Å². The molecule has 0 aliphatic carbocycles. The topological polar surface area (TPSA) is 87.5 Å². The van der Waals surface area contributed by atoms with Crippen molar-refractivity contribution < 1.29 is 19.0 Å². The molecule has 0 amide bonds. The number of esters is 1. The van der Waals surface area contributed by atoms with Crippen LogP contribution >= 0.6 is 0 Å². The molecule has 8 heteroatoms. The first-order valence-electron chi connectivity index (χ1n) is 10.4. The van der Waals surface area contributed by atoms with Crippen LogP contribution < -0.4 is 14.8 Å². The summed E-state index contributed by atoms with van der Waals surface area (Å²) in [4.78, 5) is 17.3. The molecule has 0 unspecified atom stereocenters. The van der Waals surface area contributed by atoms with Gasteiger partial charge in [-0.05, 0) is 25.5 Å². The third-order valence-corrected chi connectivity index (χ3v) is 5.23. The lowest BCUT2D eigenvalue weighted by Crippen LogP contribution is -2.30. The number of carbonyl (C=O) groups excluding carboxylic acids is 1. The first-order valence-corrected chi connectivity index (χ1v) is 10.4. The summed E-state index contributed by atoms with van der Waals surface area (Å²) in [6.07, 6.45) is 6.92. The molecule has 162 valence electrons. The molecule has 1 aromatic carbocycles. The van der Waals surface area contributed by atoms with Crippen LogP contribution in [0.4, 0.5) is 5.95 Å². The van der Waals surface area contributed by atoms with Gasteiger partial charge in [-0.3, -0.25) is 0 Å². The van der Waals surface area contributed by atoms with E-state index in [0.29, 0.717) is 35.3 Å². The molecule has 1 aromatic heterocycles. The van der Waals surface area contributed by atoms with Gasteiger partial charge in [0.05, 0.1) is 26.4 Å². The number of aromatic nitrogens is 3. The Morgan fingerprint density at radius 2 is 1.97 bits per heavy atom.